The summed E-state index contributed by atoms with van der Waals surface area (Å²) in [5.74, 6) is 0.404. The summed E-state index contributed by atoms with van der Waals surface area (Å²) >= 11 is 1.23. The number of aryl methyl sites for hydroxylation is 1. The lowest BCUT2D eigenvalue weighted by atomic mass is 10.1. The predicted octanol–water partition coefficient (Wildman–Crippen LogP) is 2.91. The minimum absolute atomic E-state index is 0.0680. The standard InChI is InChI=1S/C20H21N5O2S/c1-14-7-6-10-16(11-14)18-23-24-20(25(18)2)28-13-17(26)22-19(27)21-12-15-8-4-3-5-9-15/h3-11H,12-13H2,1-2H3,(H2,21,22,26,27). The van der Waals surface area contributed by atoms with Gasteiger partial charge in [0.15, 0.2) is 11.0 Å². The zero-order valence-corrected chi connectivity index (χ0v) is 16.5. The van der Waals surface area contributed by atoms with E-state index in [9.17, 15) is 9.59 Å². The van der Waals surface area contributed by atoms with Gasteiger partial charge in [-0.1, -0.05) is 65.9 Å². The Bertz CT molecular complexity index is 972. The lowest BCUT2D eigenvalue weighted by molar-refractivity contribution is -0.117. The minimum Gasteiger partial charge on any atom is -0.334 e. The van der Waals surface area contributed by atoms with E-state index in [2.05, 4.69) is 20.8 Å². The van der Waals surface area contributed by atoms with Crippen molar-refractivity contribution in [2.45, 2.75) is 18.6 Å². The molecule has 0 radical (unpaired) electrons. The Kier molecular flexibility index (Phi) is 6.44. The molecule has 0 bridgehead atoms. The van der Waals surface area contributed by atoms with E-state index >= 15 is 0 Å². The van der Waals surface area contributed by atoms with Crippen LogP contribution in [0, 0.1) is 6.92 Å². The number of nitrogens with zero attached hydrogens (tertiary/aromatic N) is 3. The van der Waals surface area contributed by atoms with E-state index in [1.807, 2.05) is 73.1 Å². The van der Waals surface area contributed by atoms with E-state index in [4.69, 9.17) is 0 Å². The topological polar surface area (TPSA) is 88.9 Å². The highest BCUT2D eigenvalue weighted by Gasteiger charge is 2.14. The number of amides is 3. The Hall–Kier alpha value is -3.13. The normalized spacial score (nSPS) is 10.5. The molecule has 7 nitrogen and oxygen atoms in total. The highest BCUT2D eigenvalue weighted by atomic mass is 32.2. The van der Waals surface area contributed by atoms with Gasteiger partial charge in [0.1, 0.15) is 0 Å². The number of hydrogen-bond donors (Lipinski definition) is 2. The van der Waals surface area contributed by atoms with Crippen LogP contribution in [-0.4, -0.2) is 32.5 Å². The van der Waals surface area contributed by atoms with Crippen LogP contribution in [0.15, 0.2) is 59.8 Å². The van der Waals surface area contributed by atoms with Gasteiger partial charge in [-0.15, -0.1) is 10.2 Å². The van der Waals surface area contributed by atoms with Crippen molar-refractivity contribution in [1.82, 2.24) is 25.4 Å². The molecule has 3 amide bonds. The zero-order valence-electron chi connectivity index (χ0n) is 15.7. The Morgan fingerprint density at radius 2 is 1.86 bits per heavy atom. The predicted molar refractivity (Wildman–Crippen MR) is 109 cm³/mol. The molecule has 0 unspecified atom stereocenters. The number of nitrogens with one attached hydrogen (secondary N) is 2. The molecule has 1 heterocycles. The van der Waals surface area contributed by atoms with Crippen LogP contribution in [0.4, 0.5) is 4.79 Å². The molecule has 0 saturated carbocycles. The summed E-state index contributed by atoms with van der Waals surface area (Å²) in [6, 6.07) is 16.9. The monoisotopic (exact) mass is 395 g/mol. The van der Waals surface area contributed by atoms with E-state index in [1.165, 1.54) is 11.8 Å². The fourth-order valence-electron chi connectivity index (χ4n) is 2.59. The third-order valence-corrected chi connectivity index (χ3v) is 5.01. The largest absolute Gasteiger partial charge is 0.334 e. The summed E-state index contributed by atoms with van der Waals surface area (Å²) in [5, 5.41) is 13.9. The first-order chi connectivity index (χ1) is 13.5. The molecule has 144 valence electrons. The number of carbonyl (C=O) groups is 2. The molecule has 0 fully saturated rings. The summed E-state index contributed by atoms with van der Waals surface area (Å²) in [6.07, 6.45) is 0. The van der Waals surface area contributed by atoms with E-state index in [0.717, 1.165) is 22.5 Å². The van der Waals surface area contributed by atoms with Crippen LogP contribution < -0.4 is 10.6 Å². The second-order valence-electron chi connectivity index (χ2n) is 6.24. The maximum absolute atomic E-state index is 12.0. The lowest BCUT2D eigenvalue weighted by Crippen LogP contribution is -2.39. The van der Waals surface area contributed by atoms with Gasteiger partial charge in [0.2, 0.25) is 5.91 Å². The zero-order chi connectivity index (χ0) is 19.9. The molecule has 0 aliphatic rings. The number of rotatable bonds is 6. The van der Waals surface area contributed by atoms with Crippen molar-refractivity contribution in [2.24, 2.45) is 7.05 Å². The van der Waals surface area contributed by atoms with Crippen LogP contribution in [-0.2, 0) is 18.4 Å². The number of benzene rings is 2. The van der Waals surface area contributed by atoms with Gasteiger partial charge in [-0.2, -0.15) is 0 Å². The van der Waals surface area contributed by atoms with Crippen LogP contribution >= 0.6 is 11.8 Å². The molecule has 0 saturated heterocycles. The molecule has 0 atom stereocenters. The number of thioether (sulfide) groups is 1. The van der Waals surface area contributed by atoms with E-state index in [0.29, 0.717) is 11.7 Å². The highest BCUT2D eigenvalue weighted by molar-refractivity contribution is 7.99. The van der Waals surface area contributed by atoms with Gasteiger partial charge >= 0.3 is 6.03 Å². The van der Waals surface area contributed by atoms with Crippen LogP contribution in [0.5, 0.6) is 0 Å². The smallest absolute Gasteiger partial charge is 0.321 e. The molecule has 0 spiro atoms. The average molecular weight is 395 g/mol. The SMILES string of the molecule is Cc1cccc(-c2nnc(SCC(=O)NC(=O)NCc3ccccc3)n2C)c1. The van der Waals surface area contributed by atoms with Crippen LogP contribution in [0.1, 0.15) is 11.1 Å². The molecular formula is C20H21N5O2S. The van der Waals surface area contributed by atoms with Gasteiger partial charge in [0.25, 0.3) is 0 Å². The molecule has 3 aromatic rings. The van der Waals surface area contributed by atoms with Gasteiger partial charge in [-0.05, 0) is 18.6 Å². The number of hydrogen-bond acceptors (Lipinski definition) is 5. The van der Waals surface area contributed by atoms with Crippen molar-refractivity contribution >= 4 is 23.7 Å². The van der Waals surface area contributed by atoms with Crippen molar-refractivity contribution in [2.75, 3.05) is 5.75 Å². The number of urea groups is 1. The molecule has 28 heavy (non-hydrogen) atoms. The van der Waals surface area contributed by atoms with Gasteiger partial charge in [-0.25, -0.2) is 4.79 Å². The third-order valence-electron chi connectivity index (χ3n) is 3.99. The lowest BCUT2D eigenvalue weighted by Gasteiger charge is -2.07. The maximum atomic E-state index is 12.0. The van der Waals surface area contributed by atoms with Crippen LogP contribution in [0.25, 0.3) is 11.4 Å². The van der Waals surface area contributed by atoms with Gasteiger partial charge in [0.05, 0.1) is 5.75 Å². The van der Waals surface area contributed by atoms with Gasteiger partial charge in [0, 0.05) is 19.2 Å². The Morgan fingerprint density at radius 3 is 2.61 bits per heavy atom. The summed E-state index contributed by atoms with van der Waals surface area (Å²) in [6.45, 7) is 2.37. The fraction of sp³-hybridized carbons (Fsp3) is 0.200. The number of carbonyl (C=O) groups excluding carboxylic acids is 2. The highest BCUT2D eigenvalue weighted by Crippen LogP contribution is 2.23. The summed E-state index contributed by atoms with van der Waals surface area (Å²) in [4.78, 5) is 23.9. The number of imide groups is 1. The van der Waals surface area contributed by atoms with E-state index in [-0.39, 0.29) is 5.75 Å². The number of aromatic nitrogens is 3. The quantitative estimate of drug-likeness (QED) is 0.627. The Labute approximate surface area is 167 Å². The van der Waals surface area contributed by atoms with Gasteiger partial charge in [-0.3, -0.25) is 10.1 Å². The average Bonchev–Trinajstić information content (AvgIpc) is 3.06. The van der Waals surface area contributed by atoms with Crippen LogP contribution in [0.3, 0.4) is 0 Å². The Balaban J connectivity index is 1.50. The molecule has 8 heteroatoms. The fourth-order valence-corrected chi connectivity index (χ4v) is 3.30. The van der Waals surface area contributed by atoms with Crippen molar-refractivity contribution in [3.05, 3.63) is 65.7 Å². The van der Waals surface area contributed by atoms with Crippen LogP contribution in [0.2, 0.25) is 0 Å². The van der Waals surface area contributed by atoms with Gasteiger partial charge < -0.3 is 9.88 Å². The molecule has 1 aromatic heterocycles. The first-order valence-electron chi connectivity index (χ1n) is 8.74. The van der Waals surface area contributed by atoms with Crippen molar-refractivity contribution in [3.63, 3.8) is 0 Å². The van der Waals surface area contributed by atoms with Crippen molar-refractivity contribution < 1.29 is 9.59 Å². The van der Waals surface area contributed by atoms with E-state index in [1.54, 1.807) is 0 Å². The molecule has 0 aliphatic heterocycles. The first kappa shape index (κ1) is 19.6. The molecule has 3 rings (SSSR count). The summed E-state index contributed by atoms with van der Waals surface area (Å²) in [7, 11) is 1.85. The maximum Gasteiger partial charge on any atom is 0.321 e. The molecular weight excluding hydrogens is 374 g/mol. The van der Waals surface area contributed by atoms with E-state index < -0.39 is 11.9 Å². The molecule has 2 aromatic carbocycles. The van der Waals surface area contributed by atoms with Crippen molar-refractivity contribution in [3.8, 4) is 11.4 Å². The molecule has 2 N–H and O–H groups in total. The first-order valence-corrected chi connectivity index (χ1v) is 9.72. The Morgan fingerprint density at radius 1 is 1.07 bits per heavy atom. The van der Waals surface area contributed by atoms with Crippen molar-refractivity contribution in [1.29, 1.82) is 0 Å². The second-order valence-corrected chi connectivity index (χ2v) is 7.18. The third kappa shape index (κ3) is 5.20. The summed E-state index contributed by atoms with van der Waals surface area (Å²) < 4.78 is 1.84. The molecule has 0 aliphatic carbocycles. The second kappa shape index (κ2) is 9.18. The minimum atomic E-state index is -0.520. The summed E-state index contributed by atoms with van der Waals surface area (Å²) in [5.41, 5.74) is 3.06.